The molecule has 1 aromatic rings. The third kappa shape index (κ3) is 3.45. The minimum absolute atomic E-state index is 0.302. The lowest BCUT2D eigenvalue weighted by atomic mass is 9.91. The fourth-order valence-electron chi connectivity index (χ4n) is 1.44. The minimum atomic E-state index is -0.800. The van der Waals surface area contributed by atoms with Gasteiger partial charge >= 0.3 is 0 Å². The van der Waals surface area contributed by atoms with Gasteiger partial charge in [0.2, 0.25) is 0 Å². The van der Waals surface area contributed by atoms with Crippen LogP contribution in [-0.2, 0) is 6.42 Å². The fraction of sp³-hybridized carbons (Fsp3) is 0.500. The molecular weight excluding hydrogens is 218 g/mol. The zero-order valence-electron chi connectivity index (χ0n) is 8.93. The van der Waals surface area contributed by atoms with Gasteiger partial charge in [-0.1, -0.05) is 19.9 Å². The monoisotopic (exact) mass is 232 g/mol. The Bertz CT molecular complexity index is 323. The van der Waals surface area contributed by atoms with E-state index in [-0.39, 0.29) is 0 Å². The highest BCUT2D eigenvalue weighted by molar-refractivity contribution is 6.18. The van der Waals surface area contributed by atoms with E-state index in [0.717, 1.165) is 11.6 Å². The van der Waals surface area contributed by atoms with E-state index in [4.69, 9.17) is 11.6 Å². The van der Waals surface area contributed by atoms with Crippen LogP contribution in [0.15, 0.2) is 18.2 Å². The van der Waals surface area contributed by atoms with E-state index >= 15 is 0 Å². The molecule has 3 heteroatoms. The van der Waals surface area contributed by atoms with Crippen LogP contribution in [0.1, 0.15) is 19.4 Å². The average molecular weight is 233 g/mol. The Morgan fingerprint density at radius 1 is 1.20 bits per heavy atom. The summed E-state index contributed by atoms with van der Waals surface area (Å²) in [4.78, 5) is 0. The molecule has 0 saturated carbocycles. The number of hydrogen-bond acceptors (Lipinski definition) is 0. The molecule has 0 N–H and O–H groups in total. The van der Waals surface area contributed by atoms with Crippen molar-refractivity contribution in [3.05, 3.63) is 35.4 Å². The predicted molar refractivity (Wildman–Crippen MR) is 59.1 cm³/mol. The first kappa shape index (κ1) is 12.4. The van der Waals surface area contributed by atoms with Crippen LogP contribution in [0.3, 0.4) is 0 Å². The van der Waals surface area contributed by atoms with Crippen molar-refractivity contribution in [2.24, 2.45) is 11.8 Å². The Balaban J connectivity index is 2.75. The SMILES string of the molecule is CC(C)C(CCl)Cc1ccc(F)c(F)c1. The van der Waals surface area contributed by atoms with Crippen molar-refractivity contribution in [1.29, 1.82) is 0 Å². The first-order chi connectivity index (χ1) is 7.04. The highest BCUT2D eigenvalue weighted by Gasteiger charge is 2.13. The van der Waals surface area contributed by atoms with Gasteiger partial charge in [0.15, 0.2) is 11.6 Å². The van der Waals surface area contributed by atoms with Gasteiger partial charge in [-0.15, -0.1) is 11.6 Å². The van der Waals surface area contributed by atoms with E-state index in [1.165, 1.54) is 6.07 Å². The van der Waals surface area contributed by atoms with Gasteiger partial charge in [0.25, 0.3) is 0 Å². The third-order valence-corrected chi connectivity index (χ3v) is 3.02. The average Bonchev–Trinajstić information content (AvgIpc) is 2.19. The van der Waals surface area contributed by atoms with Gasteiger partial charge in [-0.05, 0) is 36.0 Å². The van der Waals surface area contributed by atoms with Gasteiger partial charge in [-0.25, -0.2) is 8.78 Å². The Labute approximate surface area is 94.3 Å². The van der Waals surface area contributed by atoms with Crippen molar-refractivity contribution in [3.8, 4) is 0 Å². The van der Waals surface area contributed by atoms with Crippen LogP contribution in [0.2, 0.25) is 0 Å². The molecule has 0 aliphatic rings. The number of hydrogen-bond donors (Lipinski definition) is 0. The third-order valence-electron chi connectivity index (χ3n) is 2.62. The van der Waals surface area contributed by atoms with Crippen molar-refractivity contribution in [1.82, 2.24) is 0 Å². The van der Waals surface area contributed by atoms with Gasteiger partial charge in [-0.3, -0.25) is 0 Å². The molecule has 1 atom stereocenters. The lowest BCUT2D eigenvalue weighted by Crippen LogP contribution is -2.13. The van der Waals surface area contributed by atoms with Crippen LogP contribution in [0.25, 0.3) is 0 Å². The molecule has 0 nitrogen and oxygen atoms in total. The molecule has 1 rings (SSSR count). The van der Waals surface area contributed by atoms with Crippen molar-refractivity contribution >= 4 is 11.6 Å². The Hall–Kier alpha value is -0.630. The van der Waals surface area contributed by atoms with E-state index in [2.05, 4.69) is 13.8 Å². The standard InChI is InChI=1S/C12H15ClF2/c1-8(2)10(7-13)5-9-3-4-11(14)12(15)6-9/h3-4,6,8,10H,5,7H2,1-2H3. The zero-order valence-corrected chi connectivity index (χ0v) is 9.69. The van der Waals surface area contributed by atoms with Crippen LogP contribution >= 0.6 is 11.6 Å². The maximum Gasteiger partial charge on any atom is 0.159 e. The Morgan fingerprint density at radius 2 is 1.87 bits per heavy atom. The molecule has 84 valence electrons. The van der Waals surface area contributed by atoms with Crippen molar-refractivity contribution in [2.75, 3.05) is 5.88 Å². The molecule has 0 spiro atoms. The molecule has 0 amide bonds. The van der Waals surface area contributed by atoms with Crippen molar-refractivity contribution < 1.29 is 8.78 Å². The van der Waals surface area contributed by atoms with Gasteiger partial charge in [0.1, 0.15) is 0 Å². The van der Waals surface area contributed by atoms with E-state index < -0.39 is 11.6 Å². The molecule has 1 aromatic carbocycles. The molecule has 0 radical (unpaired) electrons. The molecule has 0 heterocycles. The van der Waals surface area contributed by atoms with E-state index in [1.54, 1.807) is 6.07 Å². The topological polar surface area (TPSA) is 0 Å². The van der Waals surface area contributed by atoms with Crippen molar-refractivity contribution in [2.45, 2.75) is 20.3 Å². The quantitative estimate of drug-likeness (QED) is 0.688. The maximum absolute atomic E-state index is 12.9. The lowest BCUT2D eigenvalue weighted by molar-refractivity contribution is 0.420. The zero-order chi connectivity index (χ0) is 11.4. The fourth-order valence-corrected chi connectivity index (χ4v) is 1.90. The van der Waals surface area contributed by atoms with E-state index in [1.807, 2.05) is 0 Å². The maximum atomic E-state index is 12.9. The summed E-state index contributed by atoms with van der Waals surface area (Å²) in [5, 5.41) is 0. The van der Waals surface area contributed by atoms with Crippen LogP contribution in [0.4, 0.5) is 8.78 Å². The number of rotatable bonds is 4. The van der Waals surface area contributed by atoms with Gasteiger partial charge < -0.3 is 0 Å². The molecule has 1 unspecified atom stereocenters. The molecule has 0 saturated heterocycles. The first-order valence-electron chi connectivity index (χ1n) is 5.04. The molecular formula is C12H15ClF2. The highest BCUT2D eigenvalue weighted by atomic mass is 35.5. The second kappa shape index (κ2) is 5.45. The highest BCUT2D eigenvalue weighted by Crippen LogP contribution is 2.20. The summed E-state index contributed by atoms with van der Waals surface area (Å²) in [5.41, 5.74) is 0.799. The van der Waals surface area contributed by atoms with Crippen LogP contribution < -0.4 is 0 Å². The summed E-state index contributed by atoms with van der Waals surface area (Å²) in [6.45, 7) is 4.15. The molecule has 0 fully saturated rings. The summed E-state index contributed by atoms with van der Waals surface area (Å²) in [6.07, 6.45) is 0.693. The molecule has 0 bridgehead atoms. The lowest BCUT2D eigenvalue weighted by Gasteiger charge is -2.17. The largest absolute Gasteiger partial charge is 0.204 e. The normalized spacial score (nSPS) is 13.2. The van der Waals surface area contributed by atoms with Gasteiger partial charge in [0, 0.05) is 5.88 Å². The number of benzene rings is 1. The number of alkyl halides is 1. The minimum Gasteiger partial charge on any atom is -0.204 e. The second-order valence-corrected chi connectivity index (χ2v) is 4.42. The van der Waals surface area contributed by atoms with Crippen molar-refractivity contribution in [3.63, 3.8) is 0 Å². The van der Waals surface area contributed by atoms with Crippen LogP contribution in [0, 0.1) is 23.5 Å². The smallest absolute Gasteiger partial charge is 0.159 e. The number of halogens is 3. The van der Waals surface area contributed by atoms with Crippen LogP contribution in [0.5, 0.6) is 0 Å². The second-order valence-electron chi connectivity index (χ2n) is 4.11. The predicted octanol–water partition coefficient (Wildman–Crippen LogP) is 4.02. The van der Waals surface area contributed by atoms with E-state index in [9.17, 15) is 8.78 Å². The first-order valence-corrected chi connectivity index (χ1v) is 5.58. The van der Waals surface area contributed by atoms with Gasteiger partial charge in [0.05, 0.1) is 0 Å². The van der Waals surface area contributed by atoms with Crippen LogP contribution in [-0.4, -0.2) is 5.88 Å². The molecule has 0 aromatic heterocycles. The molecule has 0 aliphatic carbocycles. The summed E-state index contributed by atoms with van der Waals surface area (Å²) in [5.74, 6) is -0.307. The summed E-state index contributed by atoms with van der Waals surface area (Å²) < 4.78 is 25.6. The summed E-state index contributed by atoms with van der Waals surface area (Å²) in [6, 6.07) is 4.02. The van der Waals surface area contributed by atoms with Gasteiger partial charge in [-0.2, -0.15) is 0 Å². The summed E-state index contributed by atoms with van der Waals surface area (Å²) >= 11 is 5.82. The molecule has 0 aliphatic heterocycles. The summed E-state index contributed by atoms with van der Waals surface area (Å²) in [7, 11) is 0. The molecule has 15 heavy (non-hydrogen) atoms. The Kier molecular flexibility index (Phi) is 4.52. The van der Waals surface area contributed by atoms with E-state index in [0.29, 0.717) is 24.1 Å². The Morgan fingerprint density at radius 3 is 2.33 bits per heavy atom.